The molecule has 1 N–H and O–H groups in total. The highest BCUT2D eigenvalue weighted by molar-refractivity contribution is 7.13. The molecule has 1 saturated heterocycles. The van der Waals surface area contributed by atoms with Gasteiger partial charge in [0.1, 0.15) is 5.69 Å². The molecule has 1 aromatic heterocycles. The largest absolute Gasteiger partial charge is 0.368 e. The van der Waals surface area contributed by atoms with Crippen LogP contribution in [0.4, 0.5) is 11.4 Å². The third-order valence-electron chi connectivity index (χ3n) is 6.01. The predicted molar refractivity (Wildman–Crippen MR) is 133 cm³/mol. The molecule has 0 saturated carbocycles. The quantitative estimate of drug-likeness (QED) is 0.478. The number of aromatic nitrogens is 1. The van der Waals surface area contributed by atoms with Gasteiger partial charge in [0.05, 0.1) is 4.70 Å². The molecule has 1 fully saturated rings. The Balaban J connectivity index is 1.29. The molecule has 1 aliphatic rings. The average Bonchev–Trinajstić information content (AvgIpc) is 3.30. The summed E-state index contributed by atoms with van der Waals surface area (Å²) in [5.74, 6) is -0.283. The Morgan fingerprint density at radius 2 is 1.64 bits per heavy atom. The van der Waals surface area contributed by atoms with Crippen molar-refractivity contribution in [2.24, 2.45) is 0 Å². The molecule has 0 radical (unpaired) electrons. The molecule has 0 aliphatic carbocycles. The molecule has 2 amide bonds. The van der Waals surface area contributed by atoms with E-state index in [1.807, 2.05) is 66.4 Å². The molecular formula is C26H24N4O2S. The van der Waals surface area contributed by atoms with Gasteiger partial charge in [0.2, 0.25) is 0 Å². The zero-order valence-corrected chi connectivity index (χ0v) is 19.1. The number of benzene rings is 3. The van der Waals surface area contributed by atoms with Crippen molar-refractivity contribution in [3.8, 4) is 0 Å². The SMILES string of the molecule is Cc1ccc(C(=O)N2CCN(c3ccccc3)CC2)cc1NC(=O)c1nsc2ccccc12. The van der Waals surface area contributed by atoms with Gasteiger partial charge in [-0.3, -0.25) is 9.59 Å². The maximum atomic E-state index is 13.2. The fourth-order valence-corrected chi connectivity index (χ4v) is 4.88. The summed E-state index contributed by atoms with van der Waals surface area (Å²) in [6, 6.07) is 23.4. The Morgan fingerprint density at radius 1 is 0.909 bits per heavy atom. The number of carbonyl (C=O) groups is 2. The van der Waals surface area contributed by atoms with E-state index < -0.39 is 0 Å². The van der Waals surface area contributed by atoms with E-state index in [4.69, 9.17) is 0 Å². The Labute approximate surface area is 196 Å². The fraction of sp³-hybridized carbons (Fsp3) is 0.192. The molecule has 5 rings (SSSR count). The molecule has 1 aliphatic heterocycles. The van der Waals surface area contributed by atoms with Crippen LogP contribution in [0.25, 0.3) is 10.1 Å². The summed E-state index contributed by atoms with van der Waals surface area (Å²) in [6.45, 7) is 4.83. The summed E-state index contributed by atoms with van der Waals surface area (Å²) in [4.78, 5) is 30.3. The van der Waals surface area contributed by atoms with Crippen LogP contribution in [-0.2, 0) is 0 Å². The van der Waals surface area contributed by atoms with Crippen molar-refractivity contribution in [2.45, 2.75) is 6.92 Å². The Morgan fingerprint density at radius 3 is 2.42 bits per heavy atom. The lowest BCUT2D eigenvalue weighted by Crippen LogP contribution is -2.48. The van der Waals surface area contributed by atoms with Crippen LogP contribution in [0.15, 0.2) is 72.8 Å². The van der Waals surface area contributed by atoms with Gasteiger partial charge in [-0.1, -0.05) is 42.5 Å². The fourth-order valence-electron chi connectivity index (χ4n) is 4.11. The van der Waals surface area contributed by atoms with Gasteiger partial charge in [0.15, 0.2) is 0 Å². The second-order valence-corrected chi connectivity index (χ2v) is 8.93. The number of amides is 2. The van der Waals surface area contributed by atoms with Crippen LogP contribution in [0.5, 0.6) is 0 Å². The van der Waals surface area contributed by atoms with Crippen LogP contribution in [0.1, 0.15) is 26.4 Å². The molecule has 3 aromatic carbocycles. The minimum absolute atomic E-state index is 0.0164. The molecule has 0 atom stereocenters. The molecule has 4 aromatic rings. The van der Waals surface area contributed by atoms with Crippen LogP contribution < -0.4 is 10.2 Å². The highest BCUT2D eigenvalue weighted by Gasteiger charge is 2.23. The second kappa shape index (κ2) is 9.03. The number of para-hydroxylation sites is 1. The van der Waals surface area contributed by atoms with Gasteiger partial charge >= 0.3 is 0 Å². The van der Waals surface area contributed by atoms with Gasteiger partial charge in [0.25, 0.3) is 11.8 Å². The first-order valence-electron chi connectivity index (χ1n) is 11.0. The molecule has 166 valence electrons. The summed E-state index contributed by atoms with van der Waals surface area (Å²) in [7, 11) is 0. The third kappa shape index (κ3) is 4.32. The number of fused-ring (bicyclic) bond motifs is 1. The smallest absolute Gasteiger partial charge is 0.276 e. The van der Waals surface area contributed by atoms with Gasteiger partial charge in [-0.05, 0) is 54.4 Å². The lowest BCUT2D eigenvalue weighted by molar-refractivity contribution is 0.0746. The second-order valence-electron chi connectivity index (χ2n) is 8.13. The van der Waals surface area contributed by atoms with Gasteiger partial charge < -0.3 is 15.1 Å². The van der Waals surface area contributed by atoms with Crippen LogP contribution in [0, 0.1) is 6.92 Å². The minimum Gasteiger partial charge on any atom is -0.368 e. The molecule has 0 unspecified atom stereocenters. The standard InChI is InChI=1S/C26H24N4O2S/c1-18-11-12-19(26(32)30-15-13-29(14-16-30)20-7-3-2-4-8-20)17-22(18)27-25(31)24-21-9-5-6-10-23(21)33-28-24/h2-12,17H,13-16H2,1H3,(H,27,31). The number of carbonyl (C=O) groups excluding carboxylic acids is 2. The van der Waals surface area contributed by atoms with Crippen molar-refractivity contribution in [1.82, 2.24) is 9.27 Å². The van der Waals surface area contributed by atoms with Crippen LogP contribution in [0.3, 0.4) is 0 Å². The van der Waals surface area contributed by atoms with Gasteiger partial charge in [0, 0.05) is 48.5 Å². The highest BCUT2D eigenvalue weighted by Crippen LogP contribution is 2.25. The Hall–Kier alpha value is -3.71. The van der Waals surface area contributed by atoms with Gasteiger partial charge in [-0.15, -0.1) is 0 Å². The van der Waals surface area contributed by atoms with Crippen molar-refractivity contribution in [3.63, 3.8) is 0 Å². The summed E-state index contributed by atoms with van der Waals surface area (Å²) >= 11 is 1.31. The molecule has 6 nitrogen and oxygen atoms in total. The molecule has 7 heteroatoms. The number of piperazine rings is 1. The van der Waals surface area contributed by atoms with E-state index in [0.29, 0.717) is 30.0 Å². The topological polar surface area (TPSA) is 65.5 Å². The maximum absolute atomic E-state index is 13.2. The number of nitrogens with zero attached hydrogens (tertiary/aromatic N) is 3. The normalized spacial score (nSPS) is 13.8. The van der Waals surface area contributed by atoms with Crippen LogP contribution in [0.2, 0.25) is 0 Å². The van der Waals surface area contributed by atoms with Gasteiger partial charge in [-0.25, -0.2) is 0 Å². The zero-order chi connectivity index (χ0) is 22.8. The number of hydrogen-bond donors (Lipinski definition) is 1. The molecule has 33 heavy (non-hydrogen) atoms. The third-order valence-corrected chi connectivity index (χ3v) is 6.84. The number of rotatable bonds is 4. The van der Waals surface area contributed by atoms with Gasteiger partial charge in [-0.2, -0.15) is 4.37 Å². The first-order valence-corrected chi connectivity index (χ1v) is 11.7. The first kappa shape index (κ1) is 21.2. The monoisotopic (exact) mass is 456 g/mol. The molecule has 0 bridgehead atoms. The number of aryl methyl sites for hydroxylation is 1. The molecule has 2 heterocycles. The Kier molecular flexibility index (Phi) is 5.79. The van der Waals surface area contributed by atoms with E-state index in [1.165, 1.54) is 17.2 Å². The molecular weight excluding hydrogens is 432 g/mol. The van der Waals surface area contributed by atoms with E-state index in [-0.39, 0.29) is 11.8 Å². The minimum atomic E-state index is -0.267. The number of nitrogens with one attached hydrogen (secondary N) is 1. The molecule has 0 spiro atoms. The maximum Gasteiger partial charge on any atom is 0.276 e. The van der Waals surface area contributed by atoms with E-state index in [1.54, 1.807) is 6.07 Å². The summed E-state index contributed by atoms with van der Waals surface area (Å²) in [6.07, 6.45) is 0. The number of hydrogen-bond acceptors (Lipinski definition) is 5. The zero-order valence-electron chi connectivity index (χ0n) is 18.3. The lowest BCUT2D eigenvalue weighted by Gasteiger charge is -2.36. The predicted octanol–water partition coefficient (Wildman–Crippen LogP) is 4.82. The first-order chi connectivity index (χ1) is 16.1. The van der Waals surface area contributed by atoms with Crippen molar-refractivity contribution >= 4 is 44.8 Å². The average molecular weight is 457 g/mol. The van der Waals surface area contributed by atoms with Crippen molar-refractivity contribution in [2.75, 3.05) is 36.4 Å². The van der Waals surface area contributed by atoms with E-state index in [2.05, 4.69) is 26.7 Å². The van der Waals surface area contributed by atoms with E-state index in [0.717, 1.165) is 28.7 Å². The Bertz CT molecular complexity index is 1310. The van der Waals surface area contributed by atoms with Crippen LogP contribution in [-0.4, -0.2) is 47.3 Å². The van der Waals surface area contributed by atoms with Crippen molar-refractivity contribution < 1.29 is 9.59 Å². The summed E-state index contributed by atoms with van der Waals surface area (Å²) in [5, 5.41) is 3.79. The van der Waals surface area contributed by atoms with Crippen LogP contribution >= 0.6 is 11.5 Å². The van der Waals surface area contributed by atoms with Crippen molar-refractivity contribution in [3.05, 3.63) is 89.6 Å². The lowest BCUT2D eigenvalue weighted by atomic mass is 10.1. The number of anilines is 2. The summed E-state index contributed by atoms with van der Waals surface area (Å²) < 4.78 is 5.30. The highest BCUT2D eigenvalue weighted by atomic mass is 32.1. The van der Waals surface area contributed by atoms with E-state index in [9.17, 15) is 9.59 Å². The summed E-state index contributed by atoms with van der Waals surface area (Å²) in [5.41, 5.74) is 3.69. The van der Waals surface area contributed by atoms with Crippen molar-refractivity contribution in [1.29, 1.82) is 0 Å². The van der Waals surface area contributed by atoms with E-state index >= 15 is 0 Å².